The highest BCUT2D eigenvalue weighted by Gasteiger charge is 2.41. The normalized spacial score (nSPS) is 20.8. The fourth-order valence-electron chi connectivity index (χ4n) is 3.42. The van der Waals surface area contributed by atoms with Crippen LogP contribution in [-0.2, 0) is 20.7 Å². The Bertz CT molecular complexity index is 547. The lowest BCUT2D eigenvalue weighted by Gasteiger charge is -2.40. The Morgan fingerprint density at radius 1 is 1.29 bits per heavy atom. The largest absolute Gasteiger partial charge is 0.385 e. The van der Waals surface area contributed by atoms with E-state index in [4.69, 9.17) is 10.5 Å². The Balaban J connectivity index is 1.88. The quantitative estimate of drug-likeness (QED) is 0.793. The molecule has 0 bridgehead atoms. The SMILES string of the molecule is COCCC1(C(N)=O)CCCN(C(=O)CCCc2ccccc2)C1. The van der Waals surface area contributed by atoms with Crippen molar-refractivity contribution >= 4 is 11.8 Å². The summed E-state index contributed by atoms with van der Waals surface area (Å²) in [4.78, 5) is 26.3. The third kappa shape index (κ3) is 4.81. The molecular weight excluding hydrogens is 304 g/mol. The molecule has 5 heteroatoms. The van der Waals surface area contributed by atoms with Gasteiger partial charge >= 0.3 is 0 Å². The van der Waals surface area contributed by atoms with Crippen molar-refractivity contribution in [3.63, 3.8) is 0 Å². The second-order valence-electron chi connectivity index (χ2n) is 6.65. The minimum atomic E-state index is -0.636. The minimum absolute atomic E-state index is 0.119. The van der Waals surface area contributed by atoms with E-state index in [2.05, 4.69) is 12.1 Å². The molecule has 1 atom stereocenters. The minimum Gasteiger partial charge on any atom is -0.385 e. The van der Waals surface area contributed by atoms with Crippen LogP contribution in [-0.4, -0.2) is 43.5 Å². The van der Waals surface area contributed by atoms with Crippen LogP contribution in [0.4, 0.5) is 0 Å². The number of rotatable bonds is 8. The number of methoxy groups -OCH3 is 1. The standard InChI is InChI=1S/C19H28N2O3/c1-24-14-12-19(18(20)23)11-6-13-21(15-19)17(22)10-5-9-16-7-3-2-4-8-16/h2-4,7-8H,5-6,9-15H2,1H3,(H2,20,23). The van der Waals surface area contributed by atoms with Crippen LogP contribution in [0.2, 0.25) is 0 Å². The molecule has 1 heterocycles. The number of amides is 2. The highest BCUT2D eigenvalue weighted by molar-refractivity contribution is 5.83. The molecule has 0 spiro atoms. The van der Waals surface area contributed by atoms with Crippen LogP contribution in [0.3, 0.4) is 0 Å². The van der Waals surface area contributed by atoms with Crippen molar-refractivity contribution in [2.45, 2.75) is 38.5 Å². The van der Waals surface area contributed by atoms with E-state index in [9.17, 15) is 9.59 Å². The van der Waals surface area contributed by atoms with Crippen LogP contribution < -0.4 is 5.73 Å². The van der Waals surface area contributed by atoms with Crippen LogP contribution >= 0.6 is 0 Å². The Kier molecular flexibility index (Phi) is 6.79. The molecule has 0 aliphatic carbocycles. The molecular formula is C19H28N2O3. The molecule has 132 valence electrons. The van der Waals surface area contributed by atoms with Gasteiger partial charge in [0.25, 0.3) is 0 Å². The van der Waals surface area contributed by atoms with Crippen molar-refractivity contribution in [3.8, 4) is 0 Å². The van der Waals surface area contributed by atoms with Gasteiger partial charge < -0.3 is 15.4 Å². The predicted octanol–water partition coefficient (Wildman–Crippen LogP) is 2.14. The van der Waals surface area contributed by atoms with Gasteiger partial charge in [0.05, 0.1) is 5.41 Å². The first-order chi connectivity index (χ1) is 11.6. The van der Waals surface area contributed by atoms with E-state index < -0.39 is 5.41 Å². The number of benzene rings is 1. The van der Waals surface area contributed by atoms with Crippen LogP contribution in [0.1, 0.15) is 37.7 Å². The molecule has 2 rings (SSSR count). The summed E-state index contributed by atoms with van der Waals surface area (Å²) in [5.74, 6) is -0.199. The molecule has 2 amide bonds. The first-order valence-electron chi connectivity index (χ1n) is 8.68. The summed E-state index contributed by atoms with van der Waals surface area (Å²) in [6, 6.07) is 10.2. The van der Waals surface area contributed by atoms with Gasteiger partial charge in [0.2, 0.25) is 11.8 Å². The molecule has 1 aromatic rings. The summed E-state index contributed by atoms with van der Waals surface area (Å²) in [5, 5.41) is 0. The molecule has 0 aromatic heterocycles. The van der Waals surface area contributed by atoms with Crippen molar-refractivity contribution in [2.24, 2.45) is 11.1 Å². The van der Waals surface area contributed by atoms with Gasteiger partial charge in [-0.2, -0.15) is 0 Å². The molecule has 1 saturated heterocycles. The number of nitrogens with two attached hydrogens (primary N) is 1. The van der Waals surface area contributed by atoms with Gasteiger partial charge in [-0.1, -0.05) is 30.3 Å². The van der Waals surface area contributed by atoms with E-state index >= 15 is 0 Å². The number of primary amides is 1. The van der Waals surface area contributed by atoms with E-state index in [1.54, 1.807) is 7.11 Å². The topological polar surface area (TPSA) is 72.6 Å². The number of aryl methyl sites for hydroxylation is 1. The van der Waals surface area contributed by atoms with Crippen LogP contribution in [0.25, 0.3) is 0 Å². The van der Waals surface area contributed by atoms with Crippen molar-refractivity contribution in [2.75, 3.05) is 26.8 Å². The number of ether oxygens (including phenoxy) is 1. The van der Waals surface area contributed by atoms with Crippen LogP contribution in [0.15, 0.2) is 30.3 Å². The van der Waals surface area contributed by atoms with Gasteiger partial charge in [-0.05, 0) is 37.7 Å². The molecule has 0 radical (unpaired) electrons. The maximum Gasteiger partial charge on any atom is 0.225 e. The van der Waals surface area contributed by atoms with Gasteiger partial charge in [0.15, 0.2) is 0 Å². The number of carbonyl (C=O) groups excluding carboxylic acids is 2. The fraction of sp³-hybridized carbons (Fsp3) is 0.579. The number of carbonyl (C=O) groups is 2. The van der Waals surface area contributed by atoms with Gasteiger partial charge in [-0.3, -0.25) is 9.59 Å². The number of nitrogens with zero attached hydrogens (tertiary/aromatic N) is 1. The van der Waals surface area contributed by atoms with Crippen LogP contribution in [0, 0.1) is 5.41 Å². The average Bonchev–Trinajstić information content (AvgIpc) is 2.61. The monoisotopic (exact) mass is 332 g/mol. The Hall–Kier alpha value is -1.88. The van der Waals surface area contributed by atoms with E-state index in [1.807, 2.05) is 23.1 Å². The molecule has 1 aromatic carbocycles. The number of piperidine rings is 1. The molecule has 1 fully saturated rings. The predicted molar refractivity (Wildman–Crippen MR) is 93.3 cm³/mol. The summed E-state index contributed by atoms with van der Waals surface area (Å²) in [6.07, 6.45) is 4.35. The van der Waals surface area contributed by atoms with Gasteiger partial charge in [0.1, 0.15) is 0 Å². The van der Waals surface area contributed by atoms with Gasteiger partial charge in [0, 0.05) is 33.2 Å². The first-order valence-corrected chi connectivity index (χ1v) is 8.68. The summed E-state index contributed by atoms with van der Waals surface area (Å²) < 4.78 is 5.12. The van der Waals surface area contributed by atoms with Crippen LogP contribution in [0.5, 0.6) is 0 Å². The Labute approximate surface area is 144 Å². The van der Waals surface area contributed by atoms with Crippen molar-refractivity contribution in [1.29, 1.82) is 0 Å². The maximum absolute atomic E-state index is 12.5. The third-order valence-corrected chi connectivity index (χ3v) is 4.94. The smallest absolute Gasteiger partial charge is 0.225 e. The van der Waals surface area contributed by atoms with E-state index in [0.29, 0.717) is 32.5 Å². The zero-order valence-corrected chi connectivity index (χ0v) is 14.5. The second kappa shape index (κ2) is 8.83. The highest BCUT2D eigenvalue weighted by Crippen LogP contribution is 2.33. The van der Waals surface area contributed by atoms with Crippen molar-refractivity contribution < 1.29 is 14.3 Å². The van der Waals surface area contributed by atoms with Gasteiger partial charge in [-0.15, -0.1) is 0 Å². The zero-order chi connectivity index (χ0) is 17.4. The molecule has 1 aliphatic heterocycles. The summed E-state index contributed by atoms with van der Waals surface area (Å²) in [6.45, 7) is 1.63. The lowest BCUT2D eigenvalue weighted by molar-refractivity contribution is -0.141. The number of likely N-dealkylation sites (tertiary alicyclic amines) is 1. The third-order valence-electron chi connectivity index (χ3n) is 4.94. The van der Waals surface area contributed by atoms with E-state index in [1.165, 1.54) is 5.56 Å². The number of hydrogen-bond acceptors (Lipinski definition) is 3. The molecule has 1 aliphatic rings. The van der Waals surface area contributed by atoms with E-state index in [0.717, 1.165) is 25.7 Å². The fourth-order valence-corrected chi connectivity index (χ4v) is 3.42. The molecule has 1 unspecified atom stereocenters. The van der Waals surface area contributed by atoms with Crippen molar-refractivity contribution in [1.82, 2.24) is 4.90 Å². The summed E-state index contributed by atoms with van der Waals surface area (Å²) in [7, 11) is 1.62. The maximum atomic E-state index is 12.5. The van der Waals surface area contributed by atoms with Gasteiger partial charge in [-0.25, -0.2) is 0 Å². The van der Waals surface area contributed by atoms with E-state index in [-0.39, 0.29) is 11.8 Å². The molecule has 24 heavy (non-hydrogen) atoms. The lowest BCUT2D eigenvalue weighted by atomic mass is 9.76. The Morgan fingerprint density at radius 2 is 2.04 bits per heavy atom. The molecule has 5 nitrogen and oxygen atoms in total. The molecule has 2 N–H and O–H groups in total. The first kappa shape index (κ1) is 18.5. The second-order valence-corrected chi connectivity index (χ2v) is 6.65. The molecule has 0 saturated carbocycles. The summed E-state index contributed by atoms with van der Waals surface area (Å²) >= 11 is 0. The lowest BCUT2D eigenvalue weighted by Crippen LogP contribution is -2.52. The highest BCUT2D eigenvalue weighted by atomic mass is 16.5. The zero-order valence-electron chi connectivity index (χ0n) is 14.5. The number of hydrogen-bond donors (Lipinski definition) is 1. The van der Waals surface area contributed by atoms with Crippen molar-refractivity contribution in [3.05, 3.63) is 35.9 Å². The summed E-state index contributed by atoms with van der Waals surface area (Å²) in [5.41, 5.74) is 6.26. The Morgan fingerprint density at radius 3 is 2.71 bits per heavy atom. The average molecular weight is 332 g/mol.